The van der Waals surface area contributed by atoms with Gasteiger partial charge in [0.15, 0.2) is 0 Å². The number of hydrogen-bond donors (Lipinski definition) is 1. The van der Waals surface area contributed by atoms with Crippen LogP contribution in [-0.2, 0) is 0 Å². The summed E-state index contributed by atoms with van der Waals surface area (Å²) in [6.45, 7) is 1.85. The lowest BCUT2D eigenvalue weighted by molar-refractivity contribution is 0.187. The number of hydrogen-bond acceptors (Lipinski definition) is 2. The van der Waals surface area contributed by atoms with Gasteiger partial charge in [0, 0.05) is 10.9 Å². The van der Waals surface area contributed by atoms with Gasteiger partial charge in [-0.2, -0.15) is 0 Å². The van der Waals surface area contributed by atoms with Crippen LogP contribution in [0.3, 0.4) is 0 Å². The largest absolute Gasteiger partial charge is 0.457 e. The third-order valence-corrected chi connectivity index (χ3v) is 3.86. The van der Waals surface area contributed by atoms with Crippen LogP contribution >= 0.6 is 15.9 Å². The third-order valence-electron chi connectivity index (χ3n) is 3.23. The van der Waals surface area contributed by atoms with Gasteiger partial charge in [0.2, 0.25) is 0 Å². The smallest absolute Gasteiger partial charge is 0.148 e. The van der Waals surface area contributed by atoms with Crippen molar-refractivity contribution in [2.24, 2.45) is 0 Å². The normalized spacial score (nSPS) is 12.8. The Morgan fingerprint density at radius 2 is 2.00 bits per heavy atom. The molecular formula is C16H12BrFO2. The lowest BCUT2D eigenvalue weighted by Gasteiger charge is -2.10. The van der Waals surface area contributed by atoms with Crippen LogP contribution in [0.4, 0.5) is 4.39 Å². The summed E-state index contributed by atoms with van der Waals surface area (Å²) in [5, 5.41) is 11.2. The maximum Gasteiger partial charge on any atom is 0.148 e. The molecule has 0 aliphatic heterocycles. The number of aliphatic hydroxyl groups is 1. The van der Waals surface area contributed by atoms with E-state index in [0.29, 0.717) is 11.3 Å². The van der Waals surface area contributed by atoms with Crippen molar-refractivity contribution in [3.05, 3.63) is 69.6 Å². The number of fused-ring (bicyclic) bond motifs is 1. The molecule has 4 heteroatoms. The van der Waals surface area contributed by atoms with E-state index in [-0.39, 0.29) is 5.56 Å². The van der Waals surface area contributed by atoms with Crippen LogP contribution in [0, 0.1) is 12.7 Å². The maximum atomic E-state index is 13.8. The van der Waals surface area contributed by atoms with Crippen LogP contribution in [0.5, 0.6) is 0 Å². The molecule has 0 amide bonds. The van der Waals surface area contributed by atoms with E-state index in [4.69, 9.17) is 4.42 Å². The summed E-state index contributed by atoms with van der Waals surface area (Å²) in [6, 6.07) is 12.0. The highest BCUT2D eigenvalue weighted by atomic mass is 79.9. The zero-order valence-corrected chi connectivity index (χ0v) is 12.3. The van der Waals surface area contributed by atoms with E-state index < -0.39 is 11.9 Å². The Hall–Kier alpha value is -1.65. The zero-order chi connectivity index (χ0) is 14.3. The first kappa shape index (κ1) is 13.3. The number of rotatable bonds is 2. The maximum absolute atomic E-state index is 13.8. The highest BCUT2D eigenvalue weighted by Crippen LogP contribution is 2.33. The van der Waals surface area contributed by atoms with Crippen LogP contribution in [0.2, 0.25) is 0 Å². The number of aryl methyl sites for hydroxylation is 1. The van der Waals surface area contributed by atoms with Crippen molar-refractivity contribution in [3.63, 3.8) is 0 Å². The predicted octanol–water partition coefficient (Wildman–Crippen LogP) is 4.72. The Morgan fingerprint density at radius 3 is 2.75 bits per heavy atom. The summed E-state index contributed by atoms with van der Waals surface area (Å²) in [4.78, 5) is 0. The second kappa shape index (κ2) is 5.04. The van der Waals surface area contributed by atoms with E-state index in [1.807, 2.05) is 25.1 Å². The molecule has 0 aliphatic carbocycles. The summed E-state index contributed by atoms with van der Waals surface area (Å²) in [6.07, 6.45) is -1.12. The van der Waals surface area contributed by atoms with Gasteiger partial charge in [-0.15, -0.1) is 0 Å². The second-order valence-corrected chi connectivity index (χ2v) is 5.59. The highest BCUT2D eigenvalue weighted by molar-refractivity contribution is 9.10. The van der Waals surface area contributed by atoms with E-state index in [0.717, 1.165) is 15.4 Å². The molecule has 2 aromatic carbocycles. The van der Waals surface area contributed by atoms with Crippen LogP contribution in [-0.4, -0.2) is 5.11 Å². The van der Waals surface area contributed by atoms with E-state index in [1.54, 1.807) is 18.2 Å². The summed E-state index contributed by atoms with van der Waals surface area (Å²) in [7, 11) is 0. The molecule has 102 valence electrons. The van der Waals surface area contributed by atoms with Crippen molar-refractivity contribution in [1.82, 2.24) is 0 Å². The van der Waals surface area contributed by atoms with Gasteiger partial charge in [-0.05, 0) is 41.1 Å². The molecule has 0 saturated carbocycles. The Morgan fingerprint density at radius 1 is 1.20 bits per heavy atom. The Labute approximate surface area is 124 Å². The minimum atomic E-state index is -1.12. The number of furan rings is 1. The van der Waals surface area contributed by atoms with Crippen LogP contribution in [0.25, 0.3) is 11.0 Å². The van der Waals surface area contributed by atoms with Crippen molar-refractivity contribution in [1.29, 1.82) is 0 Å². The van der Waals surface area contributed by atoms with Gasteiger partial charge in [0.05, 0.1) is 4.47 Å². The standard InChI is InChI=1S/C16H12BrFO2/c1-9-5-6-13(18)11(7-9)15(19)14-8-10-3-2-4-12(17)16(10)20-14/h2-8,15,19H,1H3. The SMILES string of the molecule is Cc1ccc(F)c(C(O)c2cc3cccc(Br)c3o2)c1. The van der Waals surface area contributed by atoms with Crippen LogP contribution in [0.1, 0.15) is 23.0 Å². The molecule has 1 unspecified atom stereocenters. The second-order valence-electron chi connectivity index (χ2n) is 4.73. The molecule has 0 fully saturated rings. The van der Waals surface area contributed by atoms with Crippen molar-refractivity contribution in [2.45, 2.75) is 13.0 Å². The molecule has 0 aliphatic rings. The van der Waals surface area contributed by atoms with Crippen molar-refractivity contribution in [3.8, 4) is 0 Å². The minimum Gasteiger partial charge on any atom is -0.457 e. The first-order valence-electron chi connectivity index (χ1n) is 6.18. The lowest BCUT2D eigenvalue weighted by atomic mass is 10.0. The van der Waals surface area contributed by atoms with Gasteiger partial charge in [-0.3, -0.25) is 0 Å². The summed E-state index contributed by atoms with van der Waals surface area (Å²) in [5.41, 5.74) is 1.76. The third kappa shape index (κ3) is 2.25. The number of halogens is 2. The molecule has 20 heavy (non-hydrogen) atoms. The van der Waals surface area contributed by atoms with E-state index in [9.17, 15) is 9.50 Å². The van der Waals surface area contributed by atoms with Gasteiger partial charge in [0.25, 0.3) is 0 Å². The molecule has 3 aromatic rings. The molecule has 3 rings (SSSR count). The molecule has 1 heterocycles. The average molecular weight is 335 g/mol. The Bertz CT molecular complexity index is 779. The van der Waals surface area contributed by atoms with Gasteiger partial charge in [-0.1, -0.05) is 29.8 Å². The molecule has 2 nitrogen and oxygen atoms in total. The zero-order valence-electron chi connectivity index (χ0n) is 10.7. The molecule has 1 aromatic heterocycles. The minimum absolute atomic E-state index is 0.222. The van der Waals surface area contributed by atoms with E-state index in [2.05, 4.69) is 15.9 Å². The quantitative estimate of drug-likeness (QED) is 0.735. The fraction of sp³-hybridized carbons (Fsp3) is 0.125. The number of benzene rings is 2. The summed E-state index contributed by atoms with van der Waals surface area (Å²) < 4.78 is 20.3. The van der Waals surface area contributed by atoms with Gasteiger partial charge < -0.3 is 9.52 Å². The Kier molecular flexibility index (Phi) is 3.36. The van der Waals surface area contributed by atoms with Gasteiger partial charge in [-0.25, -0.2) is 4.39 Å². The summed E-state index contributed by atoms with van der Waals surface area (Å²) >= 11 is 3.39. The van der Waals surface area contributed by atoms with Crippen molar-refractivity contribution in [2.75, 3.05) is 0 Å². The topological polar surface area (TPSA) is 33.4 Å². The first-order valence-corrected chi connectivity index (χ1v) is 6.97. The molecule has 0 radical (unpaired) electrons. The number of aliphatic hydroxyl groups excluding tert-OH is 1. The first-order chi connectivity index (χ1) is 9.56. The van der Waals surface area contributed by atoms with E-state index in [1.165, 1.54) is 6.07 Å². The predicted molar refractivity (Wildman–Crippen MR) is 79.1 cm³/mol. The molecule has 1 atom stereocenters. The molecule has 1 N–H and O–H groups in total. The Balaban J connectivity index is 2.10. The molecule has 0 bridgehead atoms. The van der Waals surface area contributed by atoms with Crippen LogP contribution < -0.4 is 0 Å². The average Bonchev–Trinajstić information content (AvgIpc) is 2.86. The lowest BCUT2D eigenvalue weighted by Crippen LogP contribution is -2.01. The van der Waals surface area contributed by atoms with Crippen LogP contribution in [0.15, 0.2) is 51.4 Å². The molecule has 0 saturated heterocycles. The fourth-order valence-electron chi connectivity index (χ4n) is 2.21. The highest BCUT2D eigenvalue weighted by Gasteiger charge is 2.19. The van der Waals surface area contributed by atoms with Gasteiger partial charge in [0.1, 0.15) is 23.3 Å². The van der Waals surface area contributed by atoms with Crippen molar-refractivity contribution < 1.29 is 13.9 Å². The fourth-order valence-corrected chi connectivity index (χ4v) is 2.67. The van der Waals surface area contributed by atoms with Gasteiger partial charge >= 0.3 is 0 Å². The van der Waals surface area contributed by atoms with Crippen molar-refractivity contribution >= 4 is 26.9 Å². The number of para-hydroxylation sites is 1. The molecule has 0 spiro atoms. The molecular weight excluding hydrogens is 323 g/mol. The summed E-state index contributed by atoms with van der Waals surface area (Å²) in [5.74, 6) is -0.112. The van der Waals surface area contributed by atoms with E-state index >= 15 is 0 Å². The monoisotopic (exact) mass is 334 g/mol.